The van der Waals surface area contributed by atoms with E-state index >= 15 is 0 Å². The summed E-state index contributed by atoms with van der Waals surface area (Å²) in [6, 6.07) is 17.7. The van der Waals surface area contributed by atoms with Gasteiger partial charge in [0.25, 0.3) is 0 Å². The van der Waals surface area contributed by atoms with Crippen LogP contribution in [0.25, 0.3) is 0 Å². The zero-order valence-corrected chi connectivity index (χ0v) is 11.4. The molecule has 100 valence electrons. The van der Waals surface area contributed by atoms with E-state index in [0.29, 0.717) is 6.61 Å². The van der Waals surface area contributed by atoms with Crippen LogP contribution in [0, 0.1) is 0 Å². The largest absolute Gasteiger partial charge is 0.494 e. The lowest BCUT2D eigenvalue weighted by atomic mass is 9.91. The molecule has 1 N–H and O–H groups in total. The van der Waals surface area contributed by atoms with Crippen molar-refractivity contribution >= 4 is 0 Å². The molecule has 2 rings (SSSR count). The topological polar surface area (TPSA) is 29.5 Å². The van der Waals surface area contributed by atoms with E-state index in [1.807, 2.05) is 68.4 Å². The van der Waals surface area contributed by atoms with E-state index in [4.69, 9.17) is 4.74 Å². The van der Waals surface area contributed by atoms with Crippen LogP contribution in [-0.2, 0) is 0 Å². The molecule has 19 heavy (non-hydrogen) atoms. The third-order valence-corrected chi connectivity index (χ3v) is 3.31. The van der Waals surface area contributed by atoms with Gasteiger partial charge in [0, 0.05) is 5.92 Å². The van der Waals surface area contributed by atoms with E-state index < -0.39 is 6.10 Å². The molecule has 2 heteroatoms. The Morgan fingerprint density at radius 3 is 2.37 bits per heavy atom. The summed E-state index contributed by atoms with van der Waals surface area (Å²) in [6.07, 6.45) is -0.525. The Morgan fingerprint density at radius 2 is 1.68 bits per heavy atom. The van der Waals surface area contributed by atoms with E-state index in [2.05, 4.69) is 0 Å². The van der Waals surface area contributed by atoms with Crippen molar-refractivity contribution in [2.75, 3.05) is 6.61 Å². The van der Waals surface area contributed by atoms with Gasteiger partial charge in [-0.1, -0.05) is 49.4 Å². The highest BCUT2D eigenvalue weighted by Gasteiger charge is 2.18. The highest BCUT2D eigenvalue weighted by Crippen LogP contribution is 2.31. The van der Waals surface area contributed by atoms with E-state index in [1.54, 1.807) is 0 Å². The van der Waals surface area contributed by atoms with Crippen molar-refractivity contribution in [3.8, 4) is 5.75 Å². The molecule has 2 aromatic carbocycles. The van der Waals surface area contributed by atoms with Crippen LogP contribution in [0.1, 0.15) is 37.0 Å². The maximum Gasteiger partial charge on any atom is 0.119 e. The van der Waals surface area contributed by atoms with Crippen LogP contribution in [-0.4, -0.2) is 11.7 Å². The number of ether oxygens (including phenoxy) is 1. The van der Waals surface area contributed by atoms with Crippen molar-refractivity contribution in [2.24, 2.45) is 0 Å². The number of rotatable bonds is 5. The van der Waals surface area contributed by atoms with Gasteiger partial charge in [-0.2, -0.15) is 0 Å². The zero-order chi connectivity index (χ0) is 13.7. The molecule has 2 nitrogen and oxygen atoms in total. The predicted molar refractivity (Wildman–Crippen MR) is 77.4 cm³/mol. The summed E-state index contributed by atoms with van der Waals surface area (Å²) >= 11 is 0. The fourth-order valence-electron chi connectivity index (χ4n) is 2.18. The first kappa shape index (κ1) is 13.6. The molecule has 0 aliphatic heterocycles. The summed E-state index contributed by atoms with van der Waals surface area (Å²) in [5.74, 6) is 0.859. The molecule has 0 fully saturated rings. The maximum absolute atomic E-state index is 10.5. The lowest BCUT2D eigenvalue weighted by Crippen LogP contribution is -2.07. The minimum Gasteiger partial charge on any atom is -0.494 e. The fourth-order valence-corrected chi connectivity index (χ4v) is 2.18. The summed E-state index contributed by atoms with van der Waals surface area (Å²) < 4.78 is 5.47. The van der Waals surface area contributed by atoms with Gasteiger partial charge in [0.1, 0.15) is 5.75 Å². The molecule has 2 atom stereocenters. The first-order valence-corrected chi connectivity index (χ1v) is 6.68. The Labute approximate surface area is 114 Å². The van der Waals surface area contributed by atoms with Crippen LogP contribution in [0.5, 0.6) is 5.75 Å². The number of aliphatic hydroxyl groups is 1. The van der Waals surface area contributed by atoms with E-state index in [-0.39, 0.29) is 5.92 Å². The SMILES string of the molecule is CCOc1cccc(C(O)C(C)c2ccccc2)c1. The van der Waals surface area contributed by atoms with Crippen LogP contribution >= 0.6 is 0 Å². The van der Waals surface area contributed by atoms with Gasteiger partial charge in [-0.3, -0.25) is 0 Å². The molecule has 0 saturated heterocycles. The van der Waals surface area contributed by atoms with E-state index in [9.17, 15) is 5.11 Å². The summed E-state index contributed by atoms with van der Waals surface area (Å²) in [7, 11) is 0. The van der Waals surface area contributed by atoms with Gasteiger partial charge in [0.15, 0.2) is 0 Å². The standard InChI is InChI=1S/C17H20O2/c1-3-19-16-11-7-10-15(12-16)17(18)13(2)14-8-5-4-6-9-14/h4-13,17-18H,3H2,1-2H3. The molecule has 0 spiro atoms. The normalized spacial score (nSPS) is 13.8. The van der Waals surface area contributed by atoms with Gasteiger partial charge in [-0.05, 0) is 30.2 Å². The second kappa shape index (κ2) is 6.39. The fraction of sp³-hybridized carbons (Fsp3) is 0.294. The molecule has 0 amide bonds. The molecule has 0 bridgehead atoms. The minimum absolute atomic E-state index is 0.0538. The van der Waals surface area contributed by atoms with Gasteiger partial charge in [0.05, 0.1) is 12.7 Å². The van der Waals surface area contributed by atoms with Crippen molar-refractivity contribution in [3.63, 3.8) is 0 Å². The molecule has 0 aliphatic carbocycles. The van der Waals surface area contributed by atoms with Crippen LogP contribution in [0.4, 0.5) is 0 Å². The van der Waals surface area contributed by atoms with Gasteiger partial charge >= 0.3 is 0 Å². The van der Waals surface area contributed by atoms with E-state index in [1.165, 1.54) is 0 Å². The first-order chi connectivity index (χ1) is 9.22. The van der Waals surface area contributed by atoms with Crippen molar-refractivity contribution in [1.82, 2.24) is 0 Å². The molecule has 0 radical (unpaired) electrons. The molecular formula is C17H20O2. The summed E-state index contributed by atoms with van der Waals surface area (Å²) in [5.41, 5.74) is 2.03. The highest BCUT2D eigenvalue weighted by molar-refractivity contribution is 5.32. The smallest absolute Gasteiger partial charge is 0.119 e. The zero-order valence-electron chi connectivity index (χ0n) is 11.4. The number of aliphatic hydroxyl groups excluding tert-OH is 1. The van der Waals surface area contributed by atoms with Gasteiger partial charge in [0.2, 0.25) is 0 Å². The summed E-state index contributed by atoms with van der Waals surface area (Å²) in [4.78, 5) is 0. The molecule has 0 aliphatic rings. The van der Waals surface area contributed by atoms with Crippen LogP contribution < -0.4 is 4.74 Å². The Kier molecular flexibility index (Phi) is 4.58. The van der Waals surface area contributed by atoms with Crippen molar-refractivity contribution in [3.05, 3.63) is 65.7 Å². The van der Waals surface area contributed by atoms with Gasteiger partial charge in [-0.25, -0.2) is 0 Å². The van der Waals surface area contributed by atoms with E-state index in [0.717, 1.165) is 16.9 Å². The Balaban J connectivity index is 2.19. The lowest BCUT2D eigenvalue weighted by Gasteiger charge is -2.20. The molecule has 2 unspecified atom stereocenters. The van der Waals surface area contributed by atoms with Crippen LogP contribution in [0.2, 0.25) is 0 Å². The van der Waals surface area contributed by atoms with Crippen molar-refractivity contribution in [1.29, 1.82) is 0 Å². The maximum atomic E-state index is 10.5. The third-order valence-electron chi connectivity index (χ3n) is 3.31. The number of benzene rings is 2. The average Bonchev–Trinajstić information content (AvgIpc) is 2.47. The molecule has 0 saturated carbocycles. The quantitative estimate of drug-likeness (QED) is 0.878. The Bertz CT molecular complexity index is 508. The Morgan fingerprint density at radius 1 is 1.00 bits per heavy atom. The lowest BCUT2D eigenvalue weighted by molar-refractivity contribution is 0.151. The summed E-state index contributed by atoms with van der Waals surface area (Å²) in [6.45, 7) is 4.62. The number of hydrogen-bond donors (Lipinski definition) is 1. The van der Waals surface area contributed by atoms with Crippen molar-refractivity contribution < 1.29 is 9.84 Å². The monoisotopic (exact) mass is 256 g/mol. The number of hydrogen-bond acceptors (Lipinski definition) is 2. The Hall–Kier alpha value is -1.80. The molecular weight excluding hydrogens is 236 g/mol. The predicted octanol–water partition coefficient (Wildman–Crippen LogP) is 3.92. The second-order valence-corrected chi connectivity index (χ2v) is 4.65. The van der Waals surface area contributed by atoms with Crippen molar-refractivity contribution in [2.45, 2.75) is 25.9 Å². The minimum atomic E-state index is -0.525. The molecule has 0 heterocycles. The van der Waals surface area contributed by atoms with Crippen LogP contribution in [0.3, 0.4) is 0 Å². The molecule has 2 aromatic rings. The van der Waals surface area contributed by atoms with Gasteiger partial charge < -0.3 is 9.84 Å². The first-order valence-electron chi connectivity index (χ1n) is 6.68. The van der Waals surface area contributed by atoms with Crippen LogP contribution in [0.15, 0.2) is 54.6 Å². The second-order valence-electron chi connectivity index (χ2n) is 4.65. The summed E-state index contributed by atoms with van der Waals surface area (Å²) in [5, 5.41) is 10.5. The van der Waals surface area contributed by atoms with Gasteiger partial charge in [-0.15, -0.1) is 0 Å². The highest BCUT2D eigenvalue weighted by atomic mass is 16.5. The molecule has 0 aromatic heterocycles. The average molecular weight is 256 g/mol. The third kappa shape index (κ3) is 3.36.